The van der Waals surface area contributed by atoms with Crippen LogP contribution in [0.3, 0.4) is 0 Å². The van der Waals surface area contributed by atoms with Crippen molar-refractivity contribution >= 4 is 22.9 Å². The first kappa shape index (κ1) is 12.3. The molecule has 94 valence electrons. The molecule has 0 amide bonds. The van der Waals surface area contributed by atoms with Crippen LogP contribution in [0.25, 0.3) is 21.8 Å². The standard InChI is InChI=1S/C14H8ClFN2S/c15-11-3-1-2-9(6-11)12-8-19-14(18-12)10-4-5-17-13(16)7-10/h1-8H. The van der Waals surface area contributed by atoms with Gasteiger partial charge in [0.2, 0.25) is 5.95 Å². The number of hydrogen-bond acceptors (Lipinski definition) is 3. The third kappa shape index (κ3) is 2.64. The molecule has 0 fully saturated rings. The predicted octanol–water partition coefficient (Wildman–Crippen LogP) is 4.66. The van der Waals surface area contributed by atoms with Crippen LogP contribution in [0.4, 0.5) is 4.39 Å². The number of rotatable bonds is 2. The molecule has 0 saturated heterocycles. The Balaban J connectivity index is 2.00. The minimum Gasteiger partial charge on any atom is -0.236 e. The van der Waals surface area contributed by atoms with E-state index in [1.807, 2.05) is 29.6 Å². The first-order valence-corrected chi connectivity index (χ1v) is 6.81. The van der Waals surface area contributed by atoms with Crippen LogP contribution in [0.5, 0.6) is 0 Å². The summed E-state index contributed by atoms with van der Waals surface area (Å²) in [5, 5.41) is 3.36. The van der Waals surface area contributed by atoms with Crippen LogP contribution in [-0.4, -0.2) is 9.97 Å². The lowest BCUT2D eigenvalue weighted by Crippen LogP contribution is -1.83. The van der Waals surface area contributed by atoms with Crippen molar-refractivity contribution in [2.75, 3.05) is 0 Å². The van der Waals surface area contributed by atoms with E-state index >= 15 is 0 Å². The van der Waals surface area contributed by atoms with E-state index in [9.17, 15) is 4.39 Å². The summed E-state index contributed by atoms with van der Waals surface area (Å²) in [6.07, 6.45) is 1.44. The number of aromatic nitrogens is 2. The van der Waals surface area contributed by atoms with Crippen LogP contribution < -0.4 is 0 Å². The minimum atomic E-state index is -0.503. The smallest absolute Gasteiger partial charge is 0.213 e. The van der Waals surface area contributed by atoms with Gasteiger partial charge in [-0.25, -0.2) is 9.97 Å². The van der Waals surface area contributed by atoms with Crippen LogP contribution in [-0.2, 0) is 0 Å². The molecule has 0 spiro atoms. The zero-order valence-electron chi connectivity index (χ0n) is 9.68. The van der Waals surface area contributed by atoms with Crippen LogP contribution in [0.15, 0.2) is 48.0 Å². The molecule has 0 radical (unpaired) electrons. The maximum absolute atomic E-state index is 13.1. The largest absolute Gasteiger partial charge is 0.236 e. The molecule has 0 atom stereocenters. The monoisotopic (exact) mass is 290 g/mol. The Kier molecular flexibility index (Phi) is 3.27. The maximum atomic E-state index is 13.1. The summed E-state index contributed by atoms with van der Waals surface area (Å²) in [7, 11) is 0. The highest BCUT2D eigenvalue weighted by molar-refractivity contribution is 7.13. The van der Waals surface area contributed by atoms with Crippen molar-refractivity contribution in [1.29, 1.82) is 0 Å². The number of thiazole rings is 1. The second-order valence-electron chi connectivity index (χ2n) is 3.92. The van der Waals surface area contributed by atoms with Crippen LogP contribution in [0.2, 0.25) is 5.02 Å². The molecule has 5 heteroatoms. The summed E-state index contributed by atoms with van der Waals surface area (Å²) in [5.41, 5.74) is 2.51. The SMILES string of the molecule is Fc1cc(-c2nc(-c3cccc(Cl)c3)cs2)ccn1. The van der Waals surface area contributed by atoms with Crippen LogP contribution >= 0.6 is 22.9 Å². The zero-order chi connectivity index (χ0) is 13.2. The van der Waals surface area contributed by atoms with Gasteiger partial charge in [-0.3, -0.25) is 0 Å². The summed E-state index contributed by atoms with van der Waals surface area (Å²) in [5.74, 6) is -0.503. The Morgan fingerprint density at radius 3 is 2.79 bits per heavy atom. The molecule has 0 N–H and O–H groups in total. The molecule has 2 aromatic heterocycles. The van der Waals surface area contributed by atoms with Crippen molar-refractivity contribution < 1.29 is 4.39 Å². The van der Waals surface area contributed by atoms with Crippen molar-refractivity contribution in [2.24, 2.45) is 0 Å². The Bertz CT molecular complexity index is 667. The highest BCUT2D eigenvalue weighted by atomic mass is 35.5. The zero-order valence-corrected chi connectivity index (χ0v) is 11.2. The molecule has 0 aliphatic rings. The van der Waals surface area contributed by atoms with Crippen molar-refractivity contribution in [3.05, 3.63) is 58.9 Å². The van der Waals surface area contributed by atoms with Crippen molar-refractivity contribution in [3.8, 4) is 21.8 Å². The fourth-order valence-corrected chi connectivity index (χ4v) is 2.74. The predicted molar refractivity (Wildman–Crippen MR) is 75.7 cm³/mol. The van der Waals surface area contributed by atoms with Gasteiger partial charge in [0.05, 0.1) is 5.69 Å². The van der Waals surface area contributed by atoms with Crippen molar-refractivity contribution in [2.45, 2.75) is 0 Å². The molecule has 1 aromatic carbocycles. The Labute approximate surface area is 118 Å². The molecule has 19 heavy (non-hydrogen) atoms. The summed E-state index contributed by atoms with van der Waals surface area (Å²) in [4.78, 5) is 8.03. The molecule has 2 nitrogen and oxygen atoms in total. The van der Waals surface area contributed by atoms with Crippen LogP contribution in [0.1, 0.15) is 0 Å². The molecule has 0 aliphatic carbocycles. The Morgan fingerprint density at radius 1 is 1.11 bits per heavy atom. The van der Waals surface area contributed by atoms with Gasteiger partial charge in [-0.1, -0.05) is 23.7 Å². The van der Waals surface area contributed by atoms with E-state index in [2.05, 4.69) is 9.97 Å². The van der Waals surface area contributed by atoms with E-state index < -0.39 is 5.95 Å². The molecular formula is C14H8ClFN2S. The Morgan fingerprint density at radius 2 is 2.00 bits per heavy atom. The van der Waals surface area contributed by atoms with E-state index in [0.717, 1.165) is 21.8 Å². The quantitative estimate of drug-likeness (QED) is 0.641. The van der Waals surface area contributed by atoms with Gasteiger partial charge >= 0.3 is 0 Å². The fourth-order valence-electron chi connectivity index (χ4n) is 1.72. The van der Waals surface area contributed by atoms with E-state index in [1.165, 1.54) is 23.6 Å². The molecule has 0 saturated carbocycles. The summed E-state index contributed by atoms with van der Waals surface area (Å²) < 4.78 is 13.1. The topological polar surface area (TPSA) is 25.8 Å². The fraction of sp³-hybridized carbons (Fsp3) is 0. The van der Waals surface area contributed by atoms with E-state index in [4.69, 9.17) is 11.6 Å². The molecule has 0 aliphatic heterocycles. The molecule has 0 bridgehead atoms. The van der Waals surface area contributed by atoms with Gasteiger partial charge < -0.3 is 0 Å². The maximum Gasteiger partial charge on any atom is 0.213 e. The van der Waals surface area contributed by atoms with Gasteiger partial charge in [0, 0.05) is 33.8 Å². The van der Waals surface area contributed by atoms with E-state index in [-0.39, 0.29) is 0 Å². The summed E-state index contributed by atoms with van der Waals surface area (Å²) >= 11 is 7.42. The molecule has 3 rings (SSSR count). The lowest BCUT2D eigenvalue weighted by Gasteiger charge is -1.97. The molecule has 3 aromatic rings. The minimum absolute atomic E-state index is 0.503. The lowest BCUT2D eigenvalue weighted by molar-refractivity contribution is 0.584. The second-order valence-corrected chi connectivity index (χ2v) is 5.21. The number of nitrogens with zero attached hydrogens (tertiary/aromatic N) is 2. The van der Waals surface area contributed by atoms with Gasteiger partial charge in [-0.15, -0.1) is 11.3 Å². The molecule has 2 heterocycles. The van der Waals surface area contributed by atoms with Gasteiger partial charge in [-0.2, -0.15) is 4.39 Å². The Hall–Kier alpha value is -1.78. The van der Waals surface area contributed by atoms with Crippen molar-refractivity contribution in [3.63, 3.8) is 0 Å². The highest BCUT2D eigenvalue weighted by Gasteiger charge is 2.07. The highest BCUT2D eigenvalue weighted by Crippen LogP contribution is 2.29. The third-order valence-electron chi connectivity index (χ3n) is 2.60. The third-order valence-corrected chi connectivity index (χ3v) is 3.72. The van der Waals surface area contributed by atoms with Crippen molar-refractivity contribution in [1.82, 2.24) is 9.97 Å². The van der Waals surface area contributed by atoms with Gasteiger partial charge in [0.15, 0.2) is 0 Å². The summed E-state index contributed by atoms with van der Waals surface area (Å²) in [6, 6.07) is 10.6. The number of benzene rings is 1. The van der Waals surface area contributed by atoms with Gasteiger partial charge in [-0.05, 0) is 18.2 Å². The number of halogens is 2. The average Bonchev–Trinajstić information content (AvgIpc) is 2.88. The molecule has 0 unspecified atom stereocenters. The van der Waals surface area contributed by atoms with E-state index in [0.29, 0.717) is 5.02 Å². The normalized spacial score (nSPS) is 10.6. The first-order valence-electron chi connectivity index (χ1n) is 5.56. The summed E-state index contributed by atoms with van der Waals surface area (Å²) in [6.45, 7) is 0. The first-order chi connectivity index (χ1) is 9.22. The second kappa shape index (κ2) is 5.07. The molecular weight excluding hydrogens is 283 g/mol. The number of hydrogen-bond donors (Lipinski definition) is 0. The lowest BCUT2D eigenvalue weighted by atomic mass is 10.2. The van der Waals surface area contributed by atoms with Gasteiger partial charge in [0.25, 0.3) is 0 Å². The van der Waals surface area contributed by atoms with Gasteiger partial charge in [0.1, 0.15) is 5.01 Å². The average molecular weight is 291 g/mol. The number of pyridine rings is 1. The van der Waals surface area contributed by atoms with Crippen LogP contribution in [0, 0.1) is 5.95 Å². The van der Waals surface area contributed by atoms with E-state index in [1.54, 1.807) is 6.07 Å².